The van der Waals surface area contributed by atoms with Crippen molar-refractivity contribution in [3.63, 3.8) is 0 Å². The van der Waals surface area contributed by atoms with Gasteiger partial charge in [-0.25, -0.2) is 0 Å². The van der Waals surface area contributed by atoms with E-state index in [2.05, 4.69) is 4.98 Å². The number of fused-ring (bicyclic) bond motifs is 1. The number of rotatable bonds is 6. The highest BCUT2D eigenvalue weighted by atomic mass is 31.2. The third-order valence-electron chi connectivity index (χ3n) is 3.32. The largest absolute Gasteiger partial charge is 0.481 e. The Morgan fingerprint density at radius 3 is 2.80 bits per heavy atom. The van der Waals surface area contributed by atoms with Crippen LogP contribution in [0, 0.1) is 0 Å². The minimum absolute atomic E-state index is 0.188. The number of carboxylic acid groups (broad SMARTS) is 1. The lowest BCUT2D eigenvalue weighted by Gasteiger charge is -2.20. The summed E-state index contributed by atoms with van der Waals surface area (Å²) in [5.74, 6) is -1.09. The molecule has 0 saturated heterocycles. The molecule has 20 heavy (non-hydrogen) atoms. The first-order valence-corrected chi connectivity index (χ1v) is 8.59. The first-order chi connectivity index (χ1) is 9.45. The van der Waals surface area contributed by atoms with Crippen LogP contribution in [0.3, 0.4) is 0 Å². The van der Waals surface area contributed by atoms with Gasteiger partial charge in [0.1, 0.15) is 5.66 Å². The van der Waals surface area contributed by atoms with Crippen molar-refractivity contribution in [2.24, 2.45) is 0 Å². The highest BCUT2D eigenvalue weighted by Crippen LogP contribution is 2.49. The summed E-state index contributed by atoms with van der Waals surface area (Å²) >= 11 is 0. The van der Waals surface area contributed by atoms with E-state index in [4.69, 9.17) is 4.52 Å². The van der Waals surface area contributed by atoms with Crippen LogP contribution in [0.1, 0.15) is 12.5 Å². The fraction of sp³-hybridized carbons (Fsp3) is 0.357. The number of hydrogen-bond donors (Lipinski definition) is 2. The van der Waals surface area contributed by atoms with E-state index in [1.165, 1.54) is 6.66 Å². The van der Waals surface area contributed by atoms with E-state index in [1.807, 2.05) is 24.3 Å². The molecule has 0 amide bonds. The lowest BCUT2D eigenvalue weighted by Crippen LogP contribution is -2.24. The molecular weight excluding hydrogens is 277 g/mol. The second-order valence-corrected chi connectivity index (χ2v) is 7.44. The number of H-pyrrole nitrogens is 1. The number of benzene rings is 1. The Hall–Kier alpha value is -1.58. The maximum absolute atomic E-state index is 12.4. The molecule has 5 nitrogen and oxygen atoms in total. The van der Waals surface area contributed by atoms with Gasteiger partial charge in [-0.15, -0.1) is 0 Å². The zero-order chi connectivity index (χ0) is 14.8. The highest BCUT2D eigenvalue weighted by molar-refractivity contribution is 7.59. The summed E-state index contributed by atoms with van der Waals surface area (Å²) < 4.78 is 17.6. The molecule has 0 saturated carbocycles. The van der Waals surface area contributed by atoms with Crippen LogP contribution in [0.2, 0.25) is 0 Å². The first kappa shape index (κ1) is 14.8. The van der Waals surface area contributed by atoms with E-state index < -0.39 is 19.0 Å². The molecule has 1 heterocycles. The molecule has 0 aliphatic heterocycles. The molecule has 0 radical (unpaired) electrons. The van der Waals surface area contributed by atoms with Gasteiger partial charge in [0.2, 0.25) is 7.37 Å². The molecule has 2 atom stereocenters. The Labute approximate surface area is 117 Å². The predicted molar refractivity (Wildman–Crippen MR) is 78.6 cm³/mol. The lowest BCUT2D eigenvalue weighted by atomic mass is 10.1. The van der Waals surface area contributed by atoms with Gasteiger partial charge in [0.25, 0.3) is 0 Å². The molecule has 1 aromatic heterocycles. The molecule has 6 heteroatoms. The minimum Gasteiger partial charge on any atom is -0.481 e. The third kappa shape index (κ3) is 2.94. The van der Waals surface area contributed by atoms with Crippen LogP contribution in [-0.2, 0) is 20.3 Å². The van der Waals surface area contributed by atoms with Gasteiger partial charge in [-0.2, -0.15) is 0 Å². The van der Waals surface area contributed by atoms with Gasteiger partial charge < -0.3 is 14.6 Å². The Balaban J connectivity index is 2.34. The summed E-state index contributed by atoms with van der Waals surface area (Å²) in [6.45, 7) is 3.34. The zero-order valence-electron chi connectivity index (χ0n) is 11.5. The molecular formula is C14H18NO4P. The molecule has 0 unspecified atom stereocenters. The maximum atomic E-state index is 12.4. The van der Waals surface area contributed by atoms with E-state index >= 15 is 0 Å². The van der Waals surface area contributed by atoms with Crippen LogP contribution in [0.5, 0.6) is 0 Å². The average Bonchev–Trinajstić information content (AvgIpc) is 2.78. The zero-order valence-corrected chi connectivity index (χ0v) is 12.4. The Kier molecular flexibility index (Phi) is 4.31. The fourth-order valence-corrected chi connectivity index (χ4v) is 3.93. The molecule has 108 valence electrons. The van der Waals surface area contributed by atoms with Crippen molar-refractivity contribution in [1.29, 1.82) is 0 Å². The molecule has 0 aliphatic rings. The van der Waals surface area contributed by atoms with Crippen LogP contribution >= 0.6 is 7.37 Å². The summed E-state index contributed by atoms with van der Waals surface area (Å²) in [6.07, 6.45) is 1.96. The van der Waals surface area contributed by atoms with Gasteiger partial charge in [0, 0.05) is 23.8 Å². The van der Waals surface area contributed by atoms with E-state index in [9.17, 15) is 14.5 Å². The van der Waals surface area contributed by atoms with Crippen molar-refractivity contribution < 1.29 is 19.0 Å². The summed E-state index contributed by atoms with van der Waals surface area (Å²) in [6, 6.07) is 7.63. The van der Waals surface area contributed by atoms with Crippen molar-refractivity contribution in [3.05, 3.63) is 36.0 Å². The van der Waals surface area contributed by atoms with Gasteiger partial charge in [0.05, 0.1) is 6.61 Å². The number of carbonyl (C=O) groups is 1. The molecule has 0 aliphatic carbocycles. The predicted octanol–water partition coefficient (Wildman–Crippen LogP) is 3.11. The molecule has 2 aromatic rings. The summed E-state index contributed by atoms with van der Waals surface area (Å²) in [4.78, 5) is 14.5. The van der Waals surface area contributed by atoms with Gasteiger partial charge in [-0.3, -0.25) is 9.36 Å². The van der Waals surface area contributed by atoms with Crippen molar-refractivity contribution in [2.45, 2.75) is 19.0 Å². The van der Waals surface area contributed by atoms with Gasteiger partial charge >= 0.3 is 5.97 Å². The number of aliphatic carboxylic acids is 1. The molecule has 0 bridgehead atoms. The van der Waals surface area contributed by atoms with Crippen molar-refractivity contribution >= 4 is 24.2 Å². The fourth-order valence-electron chi connectivity index (χ4n) is 2.31. The SMILES string of the molecule is CCO[P@@](C)(=O)[C@@H](Cc1c[nH]c2ccccc12)C(=O)O. The van der Waals surface area contributed by atoms with Crippen molar-refractivity contribution in [1.82, 2.24) is 4.98 Å². The molecule has 2 rings (SSSR count). The van der Waals surface area contributed by atoms with E-state index in [0.717, 1.165) is 16.5 Å². The maximum Gasteiger partial charge on any atom is 0.316 e. The van der Waals surface area contributed by atoms with Crippen LogP contribution in [0.4, 0.5) is 0 Å². The molecule has 0 fully saturated rings. The van der Waals surface area contributed by atoms with E-state index in [-0.39, 0.29) is 13.0 Å². The Morgan fingerprint density at radius 1 is 1.45 bits per heavy atom. The second kappa shape index (κ2) is 5.81. The van der Waals surface area contributed by atoms with Gasteiger partial charge in [-0.05, 0) is 25.0 Å². The van der Waals surface area contributed by atoms with Crippen LogP contribution < -0.4 is 0 Å². The summed E-state index contributed by atoms with van der Waals surface area (Å²) in [7, 11) is -3.19. The van der Waals surface area contributed by atoms with Gasteiger partial charge in [-0.1, -0.05) is 18.2 Å². The van der Waals surface area contributed by atoms with Crippen LogP contribution in [0.15, 0.2) is 30.5 Å². The number of hydrogen-bond acceptors (Lipinski definition) is 3. The number of nitrogens with one attached hydrogen (secondary N) is 1. The minimum atomic E-state index is -3.19. The number of carboxylic acids is 1. The Morgan fingerprint density at radius 2 is 2.15 bits per heavy atom. The Bertz CT molecular complexity index is 664. The average molecular weight is 295 g/mol. The van der Waals surface area contributed by atoms with Gasteiger partial charge in [0.15, 0.2) is 0 Å². The van der Waals surface area contributed by atoms with E-state index in [0.29, 0.717) is 0 Å². The number of aromatic amines is 1. The monoisotopic (exact) mass is 295 g/mol. The molecule has 0 spiro atoms. The van der Waals surface area contributed by atoms with Crippen molar-refractivity contribution in [3.8, 4) is 0 Å². The second-order valence-electron chi connectivity index (χ2n) is 4.74. The number of para-hydroxylation sites is 1. The van der Waals surface area contributed by atoms with Crippen LogP contribution in [0.25, 0.3) is 10.9 Å². The summed E-state index contributed by atoms with van der Waals surface area (Å²) in [5.41, 5.74) is 0.755. The van der Waals surface area contributed by atoms with E-state index in [1.54, 1.807) is 13.1 Å². The standard InChI is InChI=1S/C14H18NO4P/c1-3-19-20(2,18)13(14(16)17)8-10-9-15-12-7-5-4-6-11(10)12/h4-7,9,13,15H,3,8H2,1-2H3,(H,16,17)/t13-,20+/m0/s1. The quantitative estimate of drug-likeness (QED) is 0.802. The highest BCUT2D eigenvalue weighted by Gasteiger charge is 2.35. The van der Waals surface area contributed by atoms with Crippen LogP contribution in [-0.4, -0.2) is 35.0 Å². The summed E-state index contributed by atoms with van der Waals surface area (Å²) in [5, 5.41) is 10.3. The van der Waals surface area contributed by atoms with Crippen molar-refractivity contribution in [2.75, 3.05) is 13.3 Å². The smallest absolute Gasteiger partial charge is 0.316 e. The molecule has 2 N–H and O–H groups in total. The number of aromatic nitrogens is 1. The third-order valence-corrected chi connectivity index (χ3v) is 5.63. The normalized spacial score (nSPS) is 15.9. The topological polar surface area (TPSA) is 79.4 Å². The first-order valence-electron chi connectivity index (χ1n) is 6.45. The molecule has 1 aromatic carbocycles. The lowest BCUT2D eigenvalue weighted by molar-refractivity contribution is -0.136.